The largest absolute Gasteiger partial charge is 0.0887 e. The van der Waals surface area contributed by atoms with Crippen LogP contribution >= 0.6 is 0 Å². The molecule has 23 heavy (non-hydrogen) atoms. The molecule has 0 spiro atoms. The lowest BCUT2D eigenvalue weighted by Gasteiger charge is -2.55. The Labute approximate surface area is 147 Å². The van der Waals surface area contributed by atoms with E-state index >= 15 is 0 Å². The summed E-state index contributed by atoms with van der Waals surface area (Å²) in [4.78, 5) is 0. The summed E-state index contributed by atoms with van der Waals surface area (Å²) in [7, 11) is 6.02. The highest BCUT2D eigenvalue weighted by Gasteiger charge is 2.49. The van der Waals surface area contributed by atoms with Crippen molar-refractivity contribution in [3.05, 3.63) is 0 Å². The van der Waals surface area contributed by atoms with Crippen molar-refractivity contribution in [3.8, 4) is 0 Å². The van der Waals surface area contributed by atoms with Gasteiger partial charge in [0.05, 0.1) is 7.85 Å². The van der Waals surface area contributed by atoms with Gasteiger partial charge in [0, 0.05) is 0 Å². The lowest BCUT2D eigenvalue weighted by molar-refractivity contribution is -0.0558. The molecule has 3 fully saturated rings. The topological polar surface area (TPSA) is 0 Å². The Kier molecular flexibility index (Phi) is 6.96. The summed E-state index contributed by atoms with van der Waals surface area (Å²) in [5.74, 6) is 3.11. The van der Waals surface area contributed by atoms with Crippen LogP contribution < -0.4 is 0 Å². The molecule has 3 aliphatic carbocycles. The number of hydrogen-bond donors (Lipinski definition) is 0. The Morgan fingerprint density at radius 1 is 0.565 bits per heavy atom. The number of rotatable bonds is 6. The fraction of sp³-hybridized carbons (Fsp3) is 1.00. The third-order valence-electron chi connectivity index (χ3n) is 7.91. The molecule has 0 heterocycles. The molecule has 0 atom stereocenters. The summed E-state index contributed by atoms with van der Waals surface area (Å²) >= 11 is 0. The Bertz CT molecular complexity index is 273. The molecule has 0 unspecified atom stereocenters. The first-order valence-electron chi connectivity index (χ1n) is 11.1. The van der Waals surface area contributed by atoms with Crippen LogP contribution in [-0.2, 0) is 0 Å². The van der Waals surface area contributed by atoms with Gasteiger partial charge in [0.2, 0.25) is 0 Å². The third-order valence-corrected chi connectivity index (χ3v) is 7.91. The first kappa shape index (κ1) is 17.9. The zero-order chi connectivity index (χ0) is 16.0. The van der Waals surface area contributed by atoms with Gasteiger partial charge in [-0.25, -0.2) is 0 Å². The van der Waals surface area contributed by atoms with Gasteiger partial charge < -0.3 is 0 Å². The second kappa shape index (κ2) is 8.96. The summed E-state index contributed by atoms with van der Waals surface area (Å²) in [6.07, 6.45) is 26.4. The van der Waals surface area contributed by atoms with Crippen molar-refractivity contribution in [2.24, 2.45) is 23.2 Å². The first-order valence-corrected chi connectivity index (χ1v) is 11.1. The van der Waals surface area contributed by atoms with Crippen LogP contribution in [0.3, 0.4) is 0 Å². The van der Waals surface area contributed by atoms with Gasteiger partial charge in [-0.2, -0.15) is 0 Å². The van der Waals surface area contributed by atoms with E-state index in [4.69, 9.17) is 7.85 Å². The van der Waals surface area contributed by atoms with Gasteiger partial charge in [0.15, 0.2) is 0 Å². The SMILES string of the molecule is [B]CCCC(C1CCCCC1)(C1CCCCC1)C1CCCCC1. The highest BCUT2D eigenvalue weighted by molar-refractivity contribution is 6.08. The van der Waals surface area contributed by atoms with Crippen LogP contribution in [0, 0.1) is 23.2 Å². The highest BCUT2D eigenvalue weighted by Crippen LogP contribution is 2.59. The van der Waals surface area contributed by atoms with Crippen LogP contribution in [0.25, 0.3) is 0 Å². The maximum absolute atomic E-state index is 6.02. The number of hydrogen-bond acceptors (Lipinski definition) is 0. The van der Waals surface area contributed by atoms with Crippen LogP contribution in [0.1, 0.15) is 109 Å². The van der Waals surface area contributed by atoms with Gasteiger partial charge in [-0.05, 0) is 68.1 Å². The van der Waals surface area contributed by atoms with Crippen molar-refractivity contribution in [1.29, 1.82) is 0 Å². The van der Waals surface area contributed by atoms with Gasteiger partial charge in [-0.15, -0.1) is 0 Å². The van der Waals surface area contributed by atoms with Crippen molar-refractivity contribution in [2.45, 2.75) is 115 Å². The fourth-order valence-corrected chi connectivity index (χ4v) is 6.94. The van der Waals surface area contributed by atoms with E-state index in [1.807, 2.05) is 0 Å². The molecule has 3 rings (SSSR count). The van der Waals surface area contributed by atoms with E-state index in [0.717, 1.165) is 24.1 Å². The van der Waals surface area contributed by atoms with Gasteiger partial charge >= 0.3 is 0 Å². The van der Waals surface area contributed by atoms with Gasteiger partial charge in [0.25, 0.3) is 0 Å². The van der Waals surface area contributed by atoms with Crippen molar-refractivity contribution in [1.82, 2.24) is 0 Å². The average molecular weight is 314 g/mol. The lowest BCUT2D eigenvalue weighted by Crippen LogP contribution is -2.46. The van der Waals surface area contributed by atoms with Crippen LogP contribution in [0.4, 0.5) is 0 Å². The van der Waals surface area contributed by atoms with E-state index < -0.39 is 0 Å². The zero-order valence-corrected chi connectivity index (χ0v) is 15.5. The molecule has 0 bridgehead atoms. The molecule has 0 aromatic rings. The summed E-state index contributed by atoms with van der Waals surface area (Å²) in [5, 5.41) is 0. The maximum Gasteiger partial charge on any atom is 0.0653 e. The molecule has 0 aliphatic heterocycles. The average Bonchev–Trinajstić information content (AvgIpc) is 2.65. The highest BCUT2D eigenvalue weighted by atomic mass is 14.5. The molecule has 0 amide bonds. The predicted molar refractivity (Wildman–Crippen MR) is 102 cm³/mol. The minimum absolute atomic E-state index is 0.681. The molecule has 2 radical (unpaired) electrons. The summed E-state index contributed by atoms with van der Waals surface area (Å²) in [6, 6.07) is 0. The fourth-order valence-electron chi connectivity index (χ4n) is 6.94. The van der Waals surface area contributed by atoms with Crippen LogP contribution in [0.2, 0.25) is 6.32 Å². The Hall–Kier alpha value is 0.0649. The van der Waals surface area contributed by atoms with Gasteiger partial charge in [0.1, 0.15) is 0 Å². The third kappa shape index (κ3) is 4.01. The molecule has 0 nitrogen and oxygen atoms in total. The molecule has 130 valence electrons. The summed E-state index contributed by atoms with van der Waals surface area (Å²) in [5.41, 5.74) is 0.681. The normalized spacial score (nSPS) is 26.4. The van der Waals surface area contributed by atoms with E-state index in [0.29, 0.717) is 5.41 Å². The second-order valence-corrected chi connectivity index (χ2v) is 9.01. The molecule has 3 aliphatic rings. The van der Waals surface area contributed by atoms with Crippen molar-refractivity contribution >= 4 is 7.85 Å². The quantitative estimate of drug-likeness (QED) is 0.459. The molecule has 1 heteroatoms. The van der Waals surface area contributed by atoms with Crippen LogP contribution in [0.5, 0.6) is 0 Å². The van der Waals surface area contributed by atoms with Crippen LogP contribution in [-0.4, -0.2) is 7.85 Å². The lowest BCUT2D eigenvalue weighted by atomic mass is 9.49. The molecule has 0 aromatic carbocycles. The van der Waals surface area contributed by atoms with Gasteiger partial charge in [-0.1, -0.05) is 70.5 Å². The summed E-state index contributed by atoms with van der Waals surface area (Å²) < 4.78 is 0. The zero-order valence-electron chi connectivity index (χ0n) is 15.5. The minimum Gasteiger partial charge on any atom is -0.0887 e. The van der Waals surface area contributed by atoms with E-state index in [-0.39, 0.29) is 0 Å². The minimum atomic E-state index is 0.681. The molecular weight excluding hydrogens is 275 g/mol. The van der Waals surface area contributed by atoms with Crippen molar-refractivity contribution in [3.63, 3.8) is 0 Å². The maximum atomic E-state index is 6.02. The molecule has 0 saturated heterocycles. The van der Waals surface area contributed by atoms with E-state index in [2.05, 4.69) is 0 Å². The van der Waals surface area contributed by atoms with E-state index in [1.165, 1.54) is 109 Å². The van der Waals surface area contributed by atoms with E-state index in [1.54, 1.807) is 0 Å². The smallest absolute Gasteiger partial charge is 0.0653 e. The van der Waals surface area contributed by atoms with Crippen molar-refractivity contribution < 1.29 is 0 Å². The monoisotopic (exact) mass is 314 g/mol. The van der Waals surface area contributed by atoms with Gasteiger partial charge in [-0.3, -0.25) is 0 Å². The summed E-state index contributed by atoms with van der Waals surface area (Å²) in [6.45, 7) is 0. The second-order valence-electron chi connectivity index (χ2n) is 9.01. The molecule has 3 saturated carbocycles. The molecular formula is C22H39B. The Morgan fingerprint density at radius 3 is 1.22 bits per heavy atom. The first-order chi connectivity index (χ1) is 11.4. The van der Waals surface area contributed by atoms with Crippen molar-refractivity contribution in [2.75, 3.05) is 0 Å². The van der Waals surface area contributed by atoms with E-state index in [9.17, 15) is 0 Å². The molecule has 0 aromatic heterocycles. The Morgan fingerprint density at radius 2 is 0.913 bits per heavy atom. The van der Waals surface area contributed by atoms with Crippen LogP contribution in [0.15, 0.2) is 0 Å². The standard InChI is InChI=1S/C22H39B/c23-18-10-17-22(19-11-4-1-5-12-19,20-13-6-2-7-14-20)21-15-8-3-9-16-21/h19-21H,1-18H2. The predicted octanol–water partition coefficient (Wildman–Crippen LogP) is 7.08. The Balaban J connectivity index is 1.88. The molecule has 0 N–H and O–H groups in total.